The van der Waals surface area contributed by atoms with Crippen LogP contribution in [-0.4, -0.2) is 27.4 Å². The van der Waals surface area contributed by atoms with Crippen LogP contribution in [0.4, 0.5) is 5.13 Å². The lowest BCUT2D eigenvalue weighted by molar-refractivity contribution is 0.0956. The highest BCUT2D eigenvalue weighted by Gasteiger charge is 2.13. The van der Waals surface area contributed by atoms with Gasteiger partial charge >= 0.3 is 0 Å². The van der Waals surface area contributed by atoms with E-state index >= 15 is 0 Å². The number of nitrogens with one attached hydrogen (secondary N) is 2. The zero-order chi connectivity index (χ0) is 13.0. The van der Waals surface area contributed by atoms with Crippen molar-refractivity contribution in [2.75, 3.05) is 12.3 Å². The molecule has 0 bridgehead atoms. The van der Waals surface area contributed by atoms with E-state index < -0.39 is 0 Å². The van der Waals surface area contributed by atoms with E-state index in [1.165, 1.54) is 11.3 Å². The van der Waals surface area contributed by atoms with Gasteiger partial charge in [-0.05, 0) is 13.3 Å². The molecule has 1 amide bonds. The SMILES string of the molecule is Cc1nc(N)sc1C(=O)NCCCc1ncc[nH]1. The number of rotatable bonds is 5. The normalized spacial score (nSPS) is 10.5. The van der Waals surface area contributed by atoms with Crippen molar-refractivity contribution < 1.29 is 4.79 Å². The molecule has 2 rings (SSSR count). The quantitative estimate of drug-likeness (QED) is 0.706. The molecule has 2 aromatic rings. The van der Waals surface area contributed by atoms with Crippen LogP contribution in [0.5, 0.6) is 0 Å². The van der Waals surface area contributed by atoms with Crippen molar-refractivity contribution in [1.82, 2.24) is 20.3 Å². The van der Waals surface area contributed by atoms with Crippen molar-refractivity contribution in [3.8, 4) is 0 Å². The summed E-state index contributed by atoms with van der Waals surface area (Å²) in [5.41, 5.74) is 6.23. The highest BCUT2D eigenvalue weighted by atomic mass is 32.1. The lowest BCUT2D eigenvalue weighted by atomic mass is 10.3. The number of aryl methyl sites for hydroxylation is 2. The third-order valence-corrected chi connectivity index (χ3v) is 3.44. The number of anilines is 1. The Morgan fingerprint density at radius 2 is 2.44 bits per heavy atom. The summed E-state index contributed by atoms with van der Waals surface area (Å²) in [5.74, 6) is 0.823. The molecule has 4 N–H and O–H groups in total. The Morgan fingerprint density at radius 3 is 3.06 bits per heavy atom. The molecular formula is C11H15N5OS. The predicted molar refractivity (Wildman–Crippen MR) is 70.5 cm³/mol. The van der Waals surface area contributed by atoms with E-state index in [1.54, 1.807) is 19.3 Å². The molecule has 0 aliphatic carbocycles. The van der Waals surface area contributed by atoms with Gasteiger partial charge in [0.25, 0.3) is 5.91 Å². The molecule has 2 heterocycles. The van der Waals surface area contributed by atoms with Crippen molar-refractivity contribution >= 4 is 22.4 Å². The third kappa shape index (κ3) is 3.07. The van der Waals surface area contributed by atoms with Gasteiger partial charge < -0.3 is 16.0 Å². The molecule has 18 heavy (non-hydrogen) atoms. The maximum atomic E-state index is 11.8. The van der Waals surface area contributed by atoms with E-state index in [1.807, 2.05) is 0 Å². The maximum Gasteiger partial charge on any atom is 0.263 e. The zero-order valence-corrected chi connectivity index (χ0v) is 10.9. The second-order valence-corrected chi connectivity index (χ2v) is 4.89. The van der Waals surface area contributed by atoms with Gasteiger partial charge in [-0.3, -0.25) is 4.79 Å². The molecule has 0 aliphatic heterocycles. The molecule has 0 radical (unpaired) electrons. The van der Waals surface area contributed by atoms with Crippen molar-refractivity contribution in [3.63, 3.8) is 0 Å². The number of amides is 1. The van der Waals surface area contributed by atoms with Gasteiger partial charge in [-0.1, -0.05) is 11.3 Å². The van der Waals surface area contributed by atoms with Crippen LogP contribution in [0.15, 0.2) is 12.4 Å². The molecule has 0 saturated carbocycles. The smallest absolute Gasteiger partial charge is 0.263 e. The predicted octanol–water partition coefficient (Wildman–Crippen LogP) is 1.12. The lowest BCUT2D eigenvalue weighted by Crippen LogP contribution is -2.24. The summed E-state index contributed by atoms with van der Waals surface area (Å²) < 4.78 is 0. The number of carbonyl (C=O) groups is 1. The summed E-state index contributed by atoms with van der Waals surface area (Å²) in [5, 5.41) is 3.27. The number of aromatic nitrogens is 3. The fraction of sp³-hybridized carbons (Fsp3) is 0.364. The molecule has 0 aromatic carbocycles. The summed E-state index contributed by atoms with van der Waals surface area (Å²) in [4.78, 5) is 23.6. The van der Waals surface area contributed by atoms with Crippen molar-refractivity contribution in [3.05, 3.63) is 28.8 Å². The van der Waals surface area contributed by atoms with Crippen LogP contribution in [0, 0.1) is 6.92 Å². The van der Waals surface area contributed by atoms with Crippen LogP contribution in [0.1, 0.15) is 27.6 Å². The Balaban J connectivity index is 1.77. The highest BCUT2D eigenvalue weighted by Crippen LogP contribution is 2.19. The fourth-order valence-electron chi connectivity index (χ4n) is 1.60. The fourth-order valence-corrected chi connectivity index (χ4v) is 2.35. The molecule has 0 fully saturated rings. The first-order valence-corrected chi connectivity index (χ1v) is 6.48. The Kier molecular flexibility index (Phi) is 3.93. The standard InChI is InChI=1S/C11H15N5OS/c1-7-9(18-11(12)16-7)10(17)15-4-2-3-8-13-5-6-14-8/h5-6H,2-4H2,1H3,(H2,12,16)(H,13,14)(H,15,17). The average molecular weight is 265 g/mol. The van der Waals surface area contributed by atoms with Gasteiger partial charge in [-0.2, -0.15) is 0 Å². The number of thiazole rings is 1. The van der Waals surface area contributed by atoms with E-state index in [2.05, 4.69) is 20.3 Å². The monoisotopic (exact) mass is 265 g/mol. The minimum Gasteiger partial charge on any atom is -0.375 e. The van der Waals surface area contributed by atoms with Gasteiger partial charge in [0.15, 0.2) is 5.13 Å². The largest absolute Gasteiger partial charge is 0.375 e. The summed E-state index contributed by atoms with van der Waals surface area (Å²) in [6.07, 6.45) is 5.17. The van der Waals surface area contributed by atoms with Gasteiger partial charge in [0, 0.05) is 25.4 Å². The molecule has 0 aliphatic rings. The number of carbonyl (C=O) groups excluding carboxylic acids is 1. The van der Waals surface area contributed by atoms with Gasteiger partial charge in [-0.15, -0.1) is 0 Å². The van der Waals surface area contributed by atoms with E-state index in [0.29, 0.717) is 22.2 Å². The van der Waals surface area contributed by atoms with Crippen molar-refractivity contribution in [2.45, 2.75) is 19.8 Å². The van der Waals surface area contributed by atoms with Crippen LogP contribution in [-0.2, 0) is 6.42 Å². The second kappa shape index (κ2) is 5.63. The number of hydrogen-bond donors (Lipinski definition) is 3. The number of aromatic amines is 1. The molecule has 6 nitrogen and oxygen atoms in total. The number of hydrogen-bond acceptors (Lipinski definition) is 5. The summed E-state index contributed by atoms with van der Waals surface area (Å²) in [7, 11) is 0. The first-order valence-electron chi connectivity index (χ1n) is 5.66. The molecule has 0 saturated heterocycles. The average Bonchev–Trinajstić information content (AvgIpc) is 2.94. The number of imidazole rings is 1. The van der Waals surface area contributed by atoms with Crippen LogP contribution < -0.4 is 11.1 Å². The van der Waals surface area contributed by atoms with Crippen molar-refractivity contribution in [1.29, 1.82) is 0 Å². The number of nitrogens with zero attached hydrogens (tertiary/aromatic N) is 2. The van der Waals surface area contributed by atoms with E-state index in [9.17, 15) is 4.79 Å². The molecule has 7 heteroatoms. The van der Waals surface area contributed by atoms with Gasteiger partial charge in [0.05, 0.1) is 5.69 Å². The maximum absolute atomic E-state index is 11.8. The Hall–Kier alpha value is -1.89. The van der Waals surface area contributed by atoms with Crippen LogP contribution in [0.25, 0.3) is 0 Å². The second-order valence-electron chi connectivity index (χ2n) is 3.86. The molecule has 0 atom stereocenters. The minimum absolute atomic E-state index is 0.110. The van der Waals surface area contributed by atoms with E-state index in [-0.39, 0.29) is 5.91 Å². The minimum atomic E-state index is -0.110. The first-order chi connectivity index (χ1) is 8.66. The van der Waals surface area contributed by atoms with E-state index in [4.69, 9.17) is 5.73 Å². The van der Waals surface area contributed by atoms with Gasteiger partial charge in [0.2, 0.25) is 0 Å². The van der Waals surface area contributed by atoms with Gasteiger partial charge in [-0.25, -0.2) is 9.97 Å². The number of nitrogens with two attached hydrogens (primary N) is 1. The Labute approximate surface area is 109 Å². The van der Waals surface area contributed by atoms with Crippen LogP contribution in [0.3, 0.4) is 0 Å². The lowest BCUT2D eigenvalue weighted by Gasteiger charge is -2.02. The third-order valence-electron chi connectivity index (χ3n) is 2.45. The summed E-state index contributed by atoms with van der Waals surface area (Å²) >= 11 is 1.21. The van der Waals surface area contributed by atoms with E-state index in [0.717, 1.165) is 18.7 Å². The number of H-pyrrole nitrogens is 1. The van der Waals surface area contributed by atoms with Crippen LogP contribution >= 0.6 is 11.3 Å². The topological polar surface area (TPSA) is 96.7 Å². The molecule has 0 spiro atoms. The van der Waals surface area contributed by atoms with Crippen molar-refractivity contribution in [2.24, 2.45) is 0 Å². The molecule has 2 aromatic heterocycles. The molecule has 96 valence electrons. The Bertz CT molecular complexity index is 520. The van der Waals surface area contributed by atoms with Gasteiger partial charge in [0.1, 0.15) is 10.7 Å². The summed E-state index contributed by atoms with van der Waals surface area (Å²) in [6.45, 7) is 2.39. The van der Waals surface area contributed by atoms with Crippen LogP contribution in [0.2, 0.25) is 0 Å². The molecular weight excluding hydrogens is 250 g/mol. The molecule has 0 unspecified atom stereocenters. The summed E-state index contributed by atoms with van der Waals surface area (Å²) in [6, 6.07) is 0. The highest BCUT2D eigenvalue weighted by molar-refractivity contribution is 7.17. The number of nitrogen functional groups attached to an aromatic ring is 1. The Morgan fingerprint density at radius 1 is 1.61 bits per heavy atom. The first kappa shape index (κ1) is 12.6. The zero-order valence-electron chi connectivity index (χ0n) is 10.1.